The van der Waals surface area contributed by atoms with Crippen LogP contribution in [0.3, 0.4) is 0 Å². The molecule has 2 nitrogen and oxygen atoms in total. The quantitative estimate of drug-likeness (QED) is 0.562. The van der Waals surface area contributed by atoms with Crippen LogP contribution in [0.5, 0.6) is 5.75 Å². The van der Waals surface area contributed by atoms with Crippen molar-refractivity contribution in [3.63, 3.8) is 0 Å². The molecule has 0 aromatic heterocycles. The van der Waals surface area contributed by atoms with Gasteiger partial charge >= 0.3 is 0 Å². The third-order valence-corrected chi connectivity index (χ3v) is 3.94. The van der Waals surface area contributed by atoms with E-state index in [0.717, 1.165) is 5.75 Å². The van der Waals surface area contributed by atoms with Crippen molar-refractivity contribution in [3.05, 3.63) is 65.5 Å². The van der Waals surface area contributed by atoms with E-state index in [0.29, 0.717) is 29.2 Å². The number of thioether (sulfide) groups is 1. The van der Waals surface area contributed by atoms with Gasteiger partial charge in [-0.2, -0.15) is 11.8 Å². The summed E-state index contributed by atoms with van der Waals surface area (Å²) in [5.74, 6) is 1.78. The van der Waals surface area contributed by atoms with Crippen LogP contribution in [0.1, 0.15) is 22.8 Å². The van der Waals surface area contributed by atoms with E-state index >= 15 is 0 Å². The zero-order chi connectivity index (χ0) is 15.1. The summed E-state index contributed by atoms with van der Waals surface area (Å²) in [6.45, 7) is 2.01. The molecule has 0 N–H and O–H groups in total. The molecule has 4 heteroatoms. The minimum Gasteiger partial charge on any atom is -0.492 e. The summed E-state index contributed by atoms with van der Waals surface area (Å²) >= 11 is 1.60. The van der Waals surface area contributed by atoms with Crippen LogP contribution < -0.4 is 4.74 Å². The van der Waals surface area contributed by atoms with Crippen LogP contribution in [-0.2, 0) is 5.75 Å². The molecular formula is C17H17FO2S. The van der Waals surface area contributed by atoms with E-state index in [1.54, 1.807) is 36.0 Å². The molecule has 110 valence electrons. The van der Waals surface area contributed by atoms with Crippen molar-refractivity contribution in [2.75, 3.05) is 12.4 Å². The second-order valence-corrected chi connectivity index (χ2v) is 5.65. The number of hydrogen-bond acceptors (Lipinski definition) is 3. The lowest BCUT2D eigenvalue weighted by molar-refractivity contribution is 0.101. The van der Waals surface area contributed by atoms with Crippen molar-refractivity contribution in [2.45, 2.75) is 12.7 Å². The fourth-order valence-electron chi connectivity index (χ4n) is 1.89. The molecule has 0 bridgehead atoms. The van der Waals surface area contributed by atoms with Crippen LogP contribution in [-0.4, -0.2) is 18.1 Å². The Morgan fingerprint density at radius 1 is 1.14 bits per heavy atom. The number of ketones is 1. The van der Waals surface area contributed by atoms with Crippen LogP contribution in [0.25, 0.3) is 0 Å². The van der Waals surface area contributed by atoms with Gasteiger partial charge in [0.05, 0.1) is 12.2 Å². The van der Waals surface area contributed by atoms with Crippen LogP contribution in [0.15, 0.2) is 48.5 Å². The smallest absolute Gasteiger partial charge is 0.163 e. The minimum atomic E-state index is -0.173. The maximum absolute atomic E-state index is 13.4. The Morgan fingerprint density at radius 3 is 2.62 bits per heavy atom. The van der Waals surface area contributed by atoms with E-state index in [2.05, 4.69) is 0 Å². The van der Waals surface area contributed by atoms with Gasteiger partial charge in [-0.05, 0) is 30.7 Å². The first-order chi connectivity index (χ1) is 10.2. The zero-order valence-corrected chi connectivity index (χ0v) is 12.7. The molecule has 0 unspecified atom stereocenters. The molecule has 0 radical (unpaired) electrons. The molecule has 21 heavy (non-hydrogen) atoms. The van der Waals surface area contributed by atoms with Crippen LogP contribution in [0, 0.1) is 5.82 Å². The maximum Gasteiger partial charge on any atom is 0.163 e. The van der Waals surface area contributed by atoms with Gasteiger partial charge in [-0.3, -0.25) is 4.79 Å². The molecule has 0 fully saturated rings. The summed E-state index contributed by atoms with van der Waals surface area (Å²) in [6.07, 6.45) is 0. The molecule has 0 spiro atoms. The molecule has 2 rings (SSSR count). The number of rotatable bonds is 7. The lowest BCUT2D eigenvalue weighted by Crippen LogP contribution is -2.04. The zero-order valence-electron chi connectivity index (χ0n) is 11.8. The molecule has 0 atom stereocenters. The summed E-state index contributed by atoms with van der Waals surface area (Å²) in [5.41, 5.74) is 1.29. The number of hydrogen-bond donors (Lipinski definition) is 0. The van der Waals surface area contributed by atoms with Crippen LogP contribution >= 0.6 is 11.8 Å². The summed E-state index contributed by atoms with van der Waals surface area (Å²) in [6, 6.07) is 14.0. The molecule has 0 aliphatic heterocycles. The van der Waals surface area contributed by atoms with Gasteiger partial charge in [-0.25, -0.2) is 4.39 Å². The molecule has 0 aliphatic carbocycles. The lowest BCUT2D eigenvalue weighted by Gasteiger charge is -2.09. The van der Waals surface area contributed by atoms with E-state index in [1.807, 2.05) is 18.2 Å². The number of para-hydroxylation sites is 1. The first kappa shape index (κ1) is 15.6. The van der Waals surface area contributed by atoms with E-state index < -0.39 is 0 Å². The predicted molar refractivity (Wildman–Crippen MR) is 84.5 cm³/mol. The molecule has 0 saturated heterocycles. The standard InChI is InChI=1S/C17H17FO2S/c1-13(19)15-7-3-5-9-17(15)20-10-11-21-12-14-6-2-4-8-16(14)18/h2-9H,10-12H2,1H3. The van der Waals surface area contributed by atoms with E-state index in [-0.39, 0.29) is 11.6 Å². The highest BCUT2D eigenvalue weighted by molar-refractivity contribution is 7.98. The average molecular weight is 304 g/mol. The number of ether oxygens (including phenoxy) is 1. The fraction of sp³-hybridized carbons (Fsp3) is 0.235. The van der Waals surface area contributed by atoms with Gasteiger partial charge in [0.2, 0.25) is 0 Å². The van der Waals surface area contributed by atoms with Crippen LogP contribution in [0.2, 0.25) is 0 Å². The summed E-state index contributed by atoms with van der Waals surface area (Å²) < 4.78 is 19.1. The Balaban J connectivity index is 1.78. The number of benzene rings is 2. The van der Waals surface area contributed by atoms with Crippen molar-refractivity contribution in [1.82, 2.24) is 0 Å². The van der Waals surface area contributed by atoms with Gasteiger partial charge in [0.25, 0.3) is 0 Å². The van der Waals surface area contributed by atoms with Gasteiger partial charge < -0.3 is 4.74 Å². The van der Waals surface area contributed by atoms with Crippen molar-refractivity contribution in [1.29, 1.82) is 0 Å². The number of halogens is 1. The summed E-state index contributed by atoms with van der Waals surface area (Å²) in [7, 11) is 0. The number of Topliss-reactive ketones (excluding diaryl/α,β-unsaturated/α-hetero) is 1. The van der Waals surface area contributed by atoms with E-state index in [4.69, 9.17) is 4.74 Å². The Kier molecular flexibility index (Phi) is 5.81. The van der Waals surface area contributed by atoms with Gasteiger partial charge in [0.15, 0.2) is 5.78 Å². The van der Waals surface area contributed by atoms with E-state index in [1.165, 1.54) is 13.0 Å². The fourth-order valence-corrected chi connectivity index (χ4v) is 2.69. The lowest BCUT2D eigenvalue weighted by atomic mass is 10.1. The average Bonchev–Trinajstić information content (AvgIpc) is 2.49. The van der Waals surface area contributed by atoms with Gasteiger partial charge in [-0.1, -0.05) is 30.3 Å². The van der Waals surface area contributed by atoms with Crippen LogP contribution in [0.4, 0.5) is 4.39 Å². The first-order valence-electron chi connectivity index (χ1n) is 6.72. The van der Waals surface area contributed by atoms with Crippen molar-refractivity contribution < 1.29 is 13.9 Å². The predicted octanol–water partition coefficient (Wildman–Crippen LogP) is 4.34. The first-order valence-corrected chi connectivity index (χ1v) is 7.88. The Labute approximate surface area is 128 Å². The molecule has 2 aromatic rings. The number of carbonyl (C=O) groups excluding carboxylic acids is 1. The SMILES string of the molecule is CC(=O)c1ccccc1OCCSCc1ccccc1F. The van der Waals surface area contributed by atoms with Gasteiger partial charge in [0, 0.05) is 11.5 Å². The minimum absolute atomic E-state index is 0.00962. The molecule has 0 saturated carbocycles. The van der Waals surface area contributed by atoms with Crippen molar-refractivity contribution in [2.24, 2.45) is 0 Å². The summed E-state index contributed by atoms with van der Waals surface area (Å²) in [5, 5.41) is 0. The second-order valence-electron chi connectivity index (χ2n) is 4.54. The largest absolute Gasteiger partial charge is 0.492 e. The molecule has 0 amide bonds. The third kappa shape index (κ3) is 4.60. The molecular weight excluding hydrogens is 287 g/mol. The maximum atomic E-state index is 13.4. The van der Waals surface area contributed by atoms with Crippen molar-refractivity contribution in [3.8, 4) is 5.75 Å². The Morgan fingerprint density at radius 2 is 1.86 bits per heavy atom. The molecule has 0 heterocycles. The van der Waals surface area contributed by atoms with E-state index in [9.17, 15) is 9.18 Å². The topological polar surface area (TPSA) is 26.3 Å². The van der Waals surface area contributed by atoms with Crippen molar-refractivity contribution >= 4 is 17.5 Å². The highest BCUT2D eigenvalue weighted by Crippen LogP contribution is 2.19. The molecule has 2 aromatic carbocycles. The highest BCUT2D eigenvalue weighted by atomic mass is 32.2. The second kappa shape index (κ2) is 7.84. The van der Waals surface area contributed by atoms with Gasteiger partial charge in [0.1, 0.15) is 11.6 Å². The normalized spacial score (nSPS) is 10.4. The van der Waals surface area contributed by atoms with Gasteiger partial charge in [-0.15, -0.1) is 0 Å². The summed E-state index contributed by atoms with van der Waals surface area (Å²) in [4.78, 5) is 11.5. The Hall–Kier alpha value is -1.81. The highest BCUT2D eigenvalue weighted by Gasteiger charge is 2.07. The Bertz CT molecular complexity index is 613. The third-order valence-electron chi connectivity index (χ3n) is 2.97. The number of carbonyl (C=O) groups is 1. The molecule has 0 aliphatic rings. The monoisotopic (exact) mass is 304 g/mol.